The van der Waals surface area contributed by atoms with Gasteiger partial charge in [0.05, 0.1) is 0 Å². The van der Waals surface area contributed by atoms with E-state index in [0.29, 0.717) is 24.8 Å². The monoisotopic (exact) mass is 422 g/mol. The molecule has 0 aromatic carbocycles. The van der Waals surface area contributed by atoms with Gasteiger partial charge in [0, 0.05) is 25.3 Å². The highest BCUT2D eigenvalue weighted by Gasteiger charge is 2.41. The van der Waals surface area contributed by atoms with Crippen LogP contribution in [-0.2, 0) is 28.6 Å². The predicted octanol–water partition coefficient (Wildman–Crippen LogP) is 4.77. The average molecular weight is 423 g/mol. The van der Waals surface area contributed by atoms with E-state index in [2.05, 4.69) is 6.92 Å². The summed E-state index contributed by atoms with van der Waals surface area (Å²) in [6, 6.07) is 0. The molecule has 6 atom stereocenters. The Balaban J connectivity index is 3.08. The minimum Gasteiger partial charge on any atom is -0.462 e. The van der Waals surface area contributed by atoms with E-state index >= 15 is 0 Å². The molecule has 30 heavy (non-hydrogen) atoms. The van der Waals surface area contributed by atoms with Gasteiger partial charge >= 0.3 is 17.9 Å². The Bertz CT molecular complexity index is 673. The van der Waals surface area contributed by atoms with E-state index in [1.165, 1.54) is 13.8 Å². The van der Waals surface area contributed by atoms with Gasteiger partial charge in [0.1, 0.15) is 18.3 Å². The third-order valence-corrected chi connectivity index (χ3v) is 5.72. The lowest BCUT2D eigenvalue weighted by molar-refractivity contribution is -0.166. The van der Waals surface area contributed by atoms with Gasteiger partial charge in [0.2, 0.25) is 0 Å². The molecule has 1 fully saturated rings. The van der Waals surface area contributed by atoms with Gasteiger partial charge in [-0.05, 0) is 64.9 Å². The lowest BCUT2D eigenvalue weighted by atomic mass is 9.71. The summed E-state index contributed by atoms with van der Waals surface area (Å²) in [4.78, 5) is 35.5. The van der Waals surface area contributed by atoms with E-state index in [-0.39, 0.29) is 54.0 Å². The first kappa shape index (κ1) is 25.9. The second-order valence-corrected chi connectivity index (χ2v) is 8.78. The molecule has 170 valence electrons. The molecule has 0 heterocycles. The van der Waals surface area contributed by atoms with E-state index in [4.69, 9.17) is 14.2 Å². The van der Waals surface area contributed by atoms with E-state index < -0.39 is 0 Å². The molecule has 1 aliphatic carbocycles. The number of allylic oxidation sites excluding steroid dienone is 2. The van der Waals surface area contributed by atoms with Gasteiger partial charge in [-0.1, -0.05) is 25.5 Å². The molecule has 1 saturated carbocycles. The van der Waals surface area contributed by atoms with Crippen LogP contribution < -0.4 is 0 Å². The van der Waals surface area contributed by atoms with Crippen molar-refractivity contribution in [2.24, 2.45) is 17.8 Å². The fourth-order valence-electron chi connectivity index (χ4n) is 4.08. The summed E-state index contributed by atoms with van der Waals surface area (Å²) in [6.07, 6.45) is 4.66. The summed E-state index contributed by atoms with van der Waals surface area (Å²) >= 11 is 0. The van der Waals surface area contributed by atoms with Gasteiger partial charge in [0.15, 0.2) is 0 Å². The lowest BCUT2D eigenvalue weighted by Gasteiger charge is -2.42. The fraction of sp³-hybridized carbons (Fsp3) is 0.708. The number of carbonyl (C=O) groups excluding carboxylic acids is 3. The number of hydrogen-bond acceptors (Lipinski definition) is 6. The van der Waals surface area contributed by atoms with Gasteiger partial charge in [0.25, 0.3) is 0 Å². The second-order valence-electron chi connectivity index (χ2n) is 8.78. The number of hydrogen-bond donors (Lipinski definition) is 0. The van der Waals surface area contributed by atoms with Crippen molar-refractivity contribution in [3.63, 3.8) is 0 Å². The Morgan fingerprint density at radius 1 is 0.967 bits per heavy atom. The Kier molecular flexibility index (Phi) is 10.3. The van der Waals surface area contributed by atoms with Crippen LogP contribution in [0, 0.1) is 17.8 Å². The molecule has 0 radical (unpaired) electrons. The molecule has 0 saturated heterocycles. The largest absolute Gasteiger partial charge is 0.462 e. The number of rotatable bonds is 8. The normalized spacial score (nSPS) is 26.2. The van der Waals surface area contributed by atoms with Gasteiger partial charge in [-0.25, -0.2) is 4.79 Å². The summed E-state index contributed by atoms with van der Waals surface area (Å²) in [5, 5.41) is 0. The van der Waals surface area contributed by atoms with E-state index in [0.717, 1.165) is 5.57 Å². The molecule has 1 aliphatic rings. The van der Waals surface area contributed by atoms with E-state index in [9.17, 15) is 14.4 Å². The molecule has 0 aromatic rings. The predicted molar refractivity (Wildman–Crippen MR) is 116 cm³/mol. The van der Waals surface area contributed by atoms with Crippen LogP contribution in [0.4, 0.5) is 0 Å². The molecule has 6 heteroatoms. The zero-order chi connectivity index (χ0) is 23.0. The first-order valence-corrected chi connectivity index (χ1v) is 10.8. The maximum absolute atomic E-state index is 12.4. The smallest absolute Gasteiger partial charge is 0.333 e. The molecule has 0 bridgehead atoms. The van der Waals surface area contributed by atoms with Crippen LogP contribution in [0.15, 0.2) is 23.3 Å². The van der Waals surface area contributed by atoms with Crippen molar-refractivity contribution in [2.75, 3.05) is 0 Å². The second kappa shape index (κ2) is 11.9. The summed E-state index contributed by atoms with van der Waals surface area (Å²) in [5.74, 6) is -0.795. The Labute approximate surface area is 181 Å². The van der Waals surface area contributed by atoms with Crippen LogP contribution in [0.5, 0.6) is 0 Å². The Hall–Kier alpha value is -2.11. The average Bonchev–Trinajstić information content (AvgIpc) is 2.61. The van der Waals surface area contributed by atoms with Crippen molar-refractivity contribution >= 4 is 17.9 Å². The minimum atomic E-state index is -0.345. The highest BCUT2D eigenvalue weighted by atomic mass is 16.6. The molecule has 1 rings (SSSR count). The Morgan fingerprint density at radius 2 is 1.60 bits per heavy atom. The van der Waals surface area contributed by atoms with Crippen LogP contribution in [0.3, 0.4) is 0 Å². The molecule has 0 amide bonds. The lowest BCUT2D eigenvalue weighted by Crippen LogP contribution is -2.44. The maximum atomic E-state index is 12.4. The minimum absolute atomic E-state index is 0.0113. The topological polar surface area (TPSA) is 78.9 Å². The zero-order valence-corrected chi connectivity index (χ0v) is 19.7. The summed E-state index contributed by atoms with van der Waals surface area (Å²) in [7, 11) is 0. The summed E-state index contributed by atoms with van der Waals surface area (Å²) in [5.41, 5.74) is 1.63. The van der Waals surface area contributed by atoms with Gasteiger partial charge < -0.3 is 14.2 Å². The van der Waals surface area contributed by atoms with Crippen LogP contribution in [0.1, 0.15) is 74.7 Å². The molecule has 0 spiro atoms. The van der Waals surface area contributed by atoms with Crippen molar-refractivity contribution in [2.45, 2.75) is 93.0 Å². The summed E-state index contributed by atoms with van der Waals surface area (Å²) in [6.45, 7) is 14.4. The number of ether oxygens (including phenoxy) is 3. The van der Waals surface area contributed by atoms with Crippen LogP contribution >= 0.6 is 0 Å². The first-order chi connectivity index (χ1) is 13.9. The molecule has 0 aromatic heterocycles. The molecule has 6 nitrogen and oxygen atoms in total. The number of carbonyl (C=O) groups is 3. The van der Waals surface area contributed by atoms with Crippen LogP contribution in [0.25, 0.3) is 0 Å². The maximum Gasteiger partial charge on any atom is 0.333 e. The molecular formula is C24H38O6. The first-order valence-electron chi connectivity index (χ1n) is 10.8. The number of esters is 3. The molecule has 0 unspecified atom stereocenters. The molecule has 0 aliphatic heterocycles. The van der Waals surface area contributed by atoms with Crippen molar-refractivity contribution in [3.05, 3.63) is 23.3 Å². The highest BCUT2D eigenvalue weighted by Crippen LogP contribution is 2.39. The fourth-order valence-corrected chi connectivity index (χ4v) is 4.08. The van der Waals surface area contributed by atoms with Crippen molar-refractivity contribution in [1.29, 1.82) is 0 Å². The quantitative estimate of drug-likeness (QED) is 0.243. The molecule has 0 N–H and O–H groups in total. The summed E-state index contributed by atoms with van der Waals surface area (Å²) < 4.78 is 16.9. The van der Waals surface area contributed by atoms with Gasteiger partial charge in [-0.15, -0.1) is 0 Å². The third kappa shape index (κ3) is 8.33. The van der Waals surface area contributed by atoms with Crippen molar-refractivity contribution in [3.8, 4) is 0 Å². The third-order valence-electron chi connectivity index (χ3n) is 5.72. The van der Waals surface area contributed by atoms with Crippen molar-refractivity contribution < 1.29 is 28.6 Å². The SMILES string of the molecule is C/C=C(/C)C(=O)O[C@@H]1C[C@H](C)[C@H](OC(C)=O)C[C@H]1[C@H](C)C[C@H](C=C(C)C)OC(C)=O. The van der Waals surface area contributed by atoms with Crippen LogP contribution in [-0.4, -0.2) is 36.2 Å². The van der Waals surface area contributed by atoms with Gasteiger partial charge in [-0.3, -0.25) is 9.59 Å². The Morgan fingerprint density at radius 3 is 2.10 bits per heavy atom. The van der Waals surface area contributed by atoms with Crippen molar-refractivity contribution in [1.82, 2.24) is 0 Å². The van der Waals surface area contributed by atoms with Gasteiger partial charge in [-0.2, -0.15) is 0 Å². The molecular weight excluding hydrogens is 384 g/mol. The highest BCUT2D eigenvalue weighted by molar-refractivity contribution is 5.87. The zero-order valence-electron chi connectivity index (χ0n) is 19.7. The van der Waals surface area contributed by atoms with E-state index in [1.807, 2.05) is 26.8 Å². The standard InChI is InChI=1S/C24H38O6/c1-9-15(4)24(27)30-23-12-17(6)22(29-19(8)26)13-21(23)16(5)11-20(10-14(2)3)28-18(7)25/h9-10,16-17,20-23H,11-13H2,1-8H3/b15-9-/t16-,17+,20+,21+,22-,23-/m1/s1. The van der Waals surface area contributed by atoms with Crippen LogP contribution in [0.2, 0.25) is 0 Å². The van der Waals surface area contributed by atoms with E-state index in [1.54, 1.807) is 19.9 Å².